The Kier molecular flexibility index (Phi) is 8.14. The van der Waals surface area contributed by atoms with Crippen LogP contribution < -0.4 is 9.47 Å². The molecule has 1 aliphatic heterocycles. The highest BCUT2D eigenvalue weighted by molar-refractivity contribution is 6.46. The second-order valence-corrected chi connectivity index (χ2v) is 9.55. The number of benzene rings is 2. The molecule has 1 aromatic heterocycles. The van der Waals surface area contributed by atoms with E-state index in [4.69, 9.17) is 21.1 Å². The second kappa shape index (κ2) is 11.5. The average molecular weight is 521 g/mol. The topological polar surface area (TPSA) is 89.0 Å². The molecule has 1 saturated heterocycles. The van der Waals surface area contributed by atoms with Gasteiger partial charge in [-0.25, -0.2) is 0 Å². The minimum Gasteiger partial charge on any atom is -0.507 e. The Morgan fingerprint density at radius 1 is 1.11 bits per heavy atom. The molecule has 0 radical (unpaired) electrons. The third-order valence-corrected chi connectivity index (χ3v) is 6.19. The van der Waals surface area contributed by atoms with Gasteiger partial charge in [-0.15, -0.1) is 0 Å². The molecule has 2 heterocycles. The highest BCUT2D eigenvalue weighted by atomic mass is 35.5. The first-order valence-corrected chi connectivity index (χ1v) is 12.5. The average Bonchev–Trinajstić information content (AvgIpc) is 3.14. The number of hydrogen-bond acceptors (Lipinski definition) is 6. The van der Waals surface area contributed by atoms with Gasteiger partial charge in [-0.05, 0) is 60.4 Å². The van der Waals surface area contributed by atoms with Crippen molar-refractivity contribution in [1.82, 2.24) is 9.88 Å². The largest absolute Gasteiger partial charge is 0.507 e. The summed E-state index contributed by atoms with van der Waals surface area (Å²) >= 11 is 6.23. The van der Waals surface area contributed by atoms with Gasteiger partial charge < -0.3 is 19.5 Å². The number of rotatable bonds is 9. The molecule has 0 bridgehead atoms. The molecule has 1 unspecified atom stereocenters. The monoisotopic (exact) mass is 520 g/mol. The molecular formula is C29H29ClN2O5. The molecule has 1 aliphatic rings. The van der Waals surface area contributed by atoms with Crippen LogP contribution in [0.25, 0.3) is 5.76 Å². The first-order valence-electron chi connectivity index (χ1n) is 12.1. The number of aliphatic hydroxyl groups excluding tert-OH is 1. The minimum absolute atomic E-state index is 0.0142. The van der Waals surface area contributed by atoms with Crippen molar-refractivity contribution in [2.75, 3.05) is 13.2 Å². The normalized spacial score (nSPS) is 16.9. The fourth-order valence-electron chi connectivity index (χ4n) is 4.19. The smallest absolute Gasteiger partial charge is 0.295 e. The van der Waals surface area contributed by atoms with Crippen molar-refractivity contribution in [3.63, 3.8) is 0 Å². The summed E-state index contributed by atoms with van der Waals surface area (Å²) in [6.07, 6.45) is 3.28. The van der Waals surface area contributed by atoms with Gasteiger partial charge in [0.05, 0.1) is 29.9 Å². The van der Waals surface area contributed by atoms with Crippen molar-refractivity contribution in [2.24, 2.45) is 5.92 Å². The molecule has 1 fully saturated rings. The number of carbonyl (C=O) groups is 2. The van der Waals surface area contributed by atoms with Crippen LogP contribution in [0, 0.1) is 5.92 Å². The molecular weight excluding hydrogens is 492 g/mol. The highest BCUT2D eigenvalue weighted by Crippen LogP contribution is 2.42. The number of hydrogen-bond donors (Lipinski definition) is 1. The van der Waals surface area contributed by atoms with E-state index in [0.717, 1.165) is 5.56 Å². The van der Waals surface area contributed by atoms with Crippen LogP contribution in [-0.2, 0) is 16.1 Å². The summed E-state index contributed by atoms with van der Waals surface area (Å²) in [5, 5.41) is 11.8. The van der Waals surface area contributed by atoms with Gasteiger partial charge >= 0.3 is 0 Å². The van der Waals surface area contributed by atoms with E-state index in [9.17, 15) is 14.7 Å². The summed E-state index contributed by atoms with van der Waals surface area (Å²) in [5.74, 6) is -0.468. The van der Waals surface area contributed by atoms with Crippen LogP contribution in [0.5, 0.6) is 11.5 Å². The number of ether oxygens (including phenoxy) is 2. The Hall–Kier alpha value is -3.84. The Balaban J connectivity index is 1.84. The molecule has 1 amide bonds. The fourth-order valence-corrected chi connectivity index (χ4v) is 4.36. The molecule has 0 aliphatic carbocycles. The van der Waals surface area contributed by atoms with Gasteiger partial charge in [0.2, 0.25) is 0 Å². The number of pyridine rings is 1. The lowest BCUT2D eigenvalue weighted by Gasteiger charge is -2.26. The number of aliphatic hydroxyl groups is 1. The van der Waals surface area contributed by atoms with Crippen LogP contribution in [0.1, 0.15) is 43.5 Å². The lowest BCUT2D eigenvalue weighted by atomic mass is 9.95. The van der Waals surface area contributed by atoms with Crippen LogP contribution in [0.3, 0.4) is 0 Å². The Morgan fingerprint density at radius 2 is 1.92 bits per heavy atom. The van der Waals surface area contributed by atoms with Gasteiger partial charge in [0, 0.05) is 24.5 Å². The van der Waals surface area contributed by atoms with Gasteiger partial charge in [-0.3, -0.25) is 14.6 Å². The van der Waals surface area contributed by atoms with Crippen LogP contribution in [0.15, 0.2) is 72.6 Å². The maximum Gasteiger partial charge on any atom is 0.295 e. The van der Waals surface area contributed by atoms with E-state index < -0.39 is 17.7 Å². The van der Waals surface area contributed by atoms with E-state index in [-0.39, 0.29) is 17.9 Å². The van der Waals surface area contributed by atoms with Crippen LogP contribution in [-0.4, -0.2) is 39.9 Å². The Labute approximate surface area is 221 Å². The van der Waals surface area contributed by atoms with E-state index in [1.165, 1.54) is 4.90 Å². The summed E-state index contributed by atoms with van der Waals surface area (Å²) in [6, 6.07) is 14.8. The van der Waals surface area contributed by atoms with E-state index in [1.807, 2.05) is 31.2 Å². The van der Waals surface area contributed by atoms with E-state index >= 15 is 0 Å². The Bertz CT molecular complexity index is 1320. The summed E-state index contributed by atoms with van der Waals surface area (Å²) in [6.45, 7) is 6.96. The molecule has 3 aromatic rings. The fraction of sp³-hybridized carbons (Fsp3) is 0.276. The maximum absolute atomic E-state index is 13.4. The number of ketones is 1. The van der Waals surface area contributed by atoms with Crippen molar-refractivity contribution in [3.05, 3.63) is 94.3 Å². The van der Waals surface area contributed by atoms with E-state index in [0.29, 0.717) is 46.8 Å². The number of aromatic nitrogens is 1. The summed E-state index contributed by atoms with van der Waals surface area (Å²) in [5.41, 5.74) is 1.71. The highest BCUT2D eigenvalue weighted by Gasteiger charge is 2.46. The molecule has 0 saturated carbocycles. The zero-order chi connectivity index (χ0) is 26.5. The maximum atomic E-state index is 13.4. The molecule has 8 heteroatoms. The van der Waals surface area contributed by atoms with Gasteiger partial charge in [-0.1, -0.05) is 43.6 Å². The molecule has 0 spiro atoms. The van der Waals surface area contributed by atoms with E-state index in [1.54, 1.807) is 42.7 Å². The van der Waals surface area contributed by atoms with Crippen LogP contribution >= 0.6 is 11.6 Å². The standard InChI is InChI=1S/C29H29ClN2O5/c1-4-36-24-14-21(10-11-23(24)30)27(33)25-26(20-8-5-9-22(13-20)37-17-18(2)3)32(29(35)28(25)34)16-19-7-6-12-31-15-19/h5-15,18,26,33H,4,16-17H2,1-3H3/b27-25-. The zero-order valence-electron chi connectivity index (χ0n) is 21.0. The number of Topliss-reactive ketones (excluding diaryl/α,β-unsaturated/α-hetero) is 1. The number of amides is 1. The van der Waals surface area contributed by atoms with E-state index in [2.05, 4.69) is 18.8 Å². The molecule has 7 nitrogen and oxygen atoms in total. The third-order valence-electron chi connectivity index (χ3n) is 5.88. The van der Waals surface area contributed by atoms with Crippen molar-refractivity contribution in [3.8, 4) is 11.5 Å². The molecule has 2 aromatic carbocycles. The quantitative estimate of drug-likeness (QED) is 0.218. The lowest BCUT2D eigenvalue weighted by Crippen LogP contribution is -2.29. The van der Waals surface area contributed by atoms with Crippen molar-refractivity contribution in [2.45, 2.75) is 33.4 Å². The van der Waals surface area contributed by atoms with Gasteiger partial charge in [-0.2, -0.15) is 0 Å². The lowest BCUT2D eigenvalue weighted by molar-refractivity contribution is -0.140. The van der Waals surface area contributed by atoms with Crippen LogP contribution in [0.2, 0.25) is 5.02 Å². The first kappa shape index (κ1) is 26.2. The van der Waals surface area contributed by atoms with Gasteiger partial charge in [0.25, 0.3) is 11.7 Å². The predicted octanol–water partition coefficient (Wildman–Crippen LogP) is 5.79. The minimum atomic E-state index is -0.839. The number of carbonyl (C=O) groups excluding carboxylic acids is 2. The predicted molar refractivity (Wildman–Crippen MR) is 141 cm³/mol. The summed E-state index contributed by atoms with van der Waals surface area (Å²) in [7, 11) is 0. The van der Waals surface area contributed by atoms with Crippen LogP contribution in [0.4, 0.5) is 0 Å². The molecule has 37 heavy (non-hydrogen) atoms. The van der Waals surface area contributed by atoms with Crippen molar-refractivity contribution in [1.29, 1.82) is 0 Å². The number of likely N-dealkylation sites (tertiary alicyclic amines) is 1. The first-order chi connectivity index (χ1) is 17.8. The number of nitrogens with zero attached hydrogens (tertiary/aromatic N) is 2. The second-order valence-electron chi connectivity index (χ2n) is 9.14. The molecule has 1 atom stereocenters. The molecule has 4 rings (SSSR count). The summed E-state index contributed by atoms with van der Waals surface area (Å²) in [4.78, 5) is 32.2. The zero-order valence-corrected chi connectivity index (χ0v) is 21.7. The van der Waals surface area contributed by atoms with Crippen molar-refractivity contribution < 1.29 is 24.2 Å². The summed E-state index contributed by atoms with van der Waals surface area (Å²) < 4.78 is 11.5. The Morgan fingerprint density at radius 3 is 2.62 bits per heavy atom. The molecule has 1 N–H and O–H groups in total. The SMILES string of the molecule is CCOc1cc(/C(O)=C2/C(=O)C(=O)N(Cc3cccnc3)C2c2cccc(OCC(C)C)c2)ccc1Cl. The third kappa shape index (κ3) is 5.78. The van der Waals surface area contributed by atoms with Gasteiger partial charge in [0.15, 0.2) is 0 Å². The number of halogens is 1. The van der Waals surface area contributed by atoms with Crippen molar-refractivity contribution >= 4 is 29.1 Å². The molecule has 192 valence electrons. The van der Waals surface area contributed by atoms with Gasteiger partial charge in [0.1, 0.15) is 17.3 Å².